The molecule has 432 valence electrons. The largest absolute Gasteiger partial charge is 0.460 e. The molecule has 1 aromatic carbocycles. The zero-order valence-electron chi connectivity index (χ0n) is 48.1. The topological polar surface area (TPSA) is 200 Å². The van der Waals surface area contributed by atoms with Gasteiger partial charge in [0, 0.05) is 64.4 Å². The van der Waals surface area contributed by atoms with Crippen LogP contribution in [0.15, 0.2) is 83.1 Å². The monoisotopic (exact) mass is 1080 g/mol. The minimum Gasteiger partial charge on any atom is -0.460 e. The lowest BCUT2D eigenvalue weighted by molar-refractivity contribution is -0.265. The van der Waals surface area contributed by atoms with Crippen molar-refractivity contribution < 1.29 is 63.0 Å². The fourth-order valence-corrected chi connectivity index (χ4v) is 11.5. The average Bonchev–Trinajstić information content (AvgIpc) is 3.55. The predicted molar refractivity (Wildman–Crippen MR) is 300 cm³/mol. The molecule has 3 heterocycles. The molecule has 3 fully saturated rings. The van der Waals surface area contributed by atoms with Crippen LogP contribution in [0.3, 0.4) is 0 Å². The van der Waals surface area contributed by atoms with Crippen molar-refractivity contribution in [1.29, 1.82) is 0 Å². The number of hydrogen-bond donors (Lipinski definition) is 3. The lowest BCUT2D eigenvalue weighted by Gasteiger charge is -2.42. The number of cyclic esters (lactones) is 1. The molecule has 0 spiro atoms. The van der Waals surface area contributed by atoms with Crippen molar-refractivity contribution in [1.82, 2.24) is 4.90 Å². The van der Waals surface area contributed by atoms with Crippen molar-refractivity contribution in [2.45, 2.75) is 206 Å². The van der Waals surface area contributed by atoms with E-state index in [1.54, 1.807) is 41.1 Å². The zero-order valence-corrected chi connectivity index (χ0v) is 48.1. The molecule has 1 aliphatic carbocycles. The van der Waals surface area contributed by atoms with Crippen molar-refractivity contribution in [3.05, 3.63) is 83.5 Å². The fourth-order valence-electron chi connectivity index (χ4n) is 11.5. The quantitative estimate of drug-likeness (QED) is 0.0422. The Labute approximate surface area is 465 Å². The maximum Gasteiger partial charge on any atom is 0.329 e. The third-order valence-corrected chi connectivity index (χ3v) is 16.6. The highest BCUT2D eigenvalue weighted by atomic mass is 16.6. The SMILES string of the molecule is C#CCCCCO[C@@H]1CC[C@@H](C[C@@H](C)[C@@H]2C/C(=N/OCc3ccccc3)[C@H](C)/C=C(\C)[C@@H](O)[C@@H](O)C(=O)[C@H](C)C[C@H](C)/C=C/C=C/C=C(\C)[C@@H](OC)C[C@@H]3CC[C@@H](C)[C@@](O)(O3)C(=O)C(=O)N3CCCC[C@H]3C(=O)O2)C[C@H]1OC. The van der Waals surface area contributed by atoms with Gasteiger partial charge in [0.15, 0.2) is 5.78 Å². The number of piperidine rings is 1. The summed E-state index contributed by atoms with van der Waals surface area (Å²) >= 11 is 0. The number of nitrogens with zero attached hydrogens (tertiary/aromatic N) is 2. The first-order valence-electron chi connectivity index (χ1n) is 28.7. The van der Waals surface area contributed by atoms with E-state index in [0.717, 1.165) is 43.2 Å². The number of benzene rings is 1. The number of aliphatic hydroxyl groups is 3. The highest BCUT2D eigenvalue weighted by Crippen LogP contribution is 2.38. The number of oxime groups is 1. The maximum absolute atomic E-state index is 14.9. The van der Waals surface area contributed by atoms with Crippen LogP contribution in [0.4, 0.5) is 0 Å². The molecule has 2 saturated heterocycles. The van der Waals surface area contributed by atoms with Gasteiger partial charge in [0.1, 0.15) is 31.0 Å². The summed E-state index contributed by atoms with van der Waals surface area (Å²) in [4.78, 5) is 65.0. The van der Waals surface area contributed by atoms with E-state index in [0.29, 0.717) is 69.3 Å². The molecule has 0 aromatic heterocycles. The van der Waals surface area contributed by atoms with Gasteiger partial charge < -0.3 is 48.7 Å². The number of rotatable bonds is 13. The van der Waals surface area contributed by atoms with Gasteiger partial charge in [-0.1, -0.05) is 107 Å². The van der Waals surface area contributed by atoms with E-state index in [9.17, 15) is 34.5 Å². The number of carbonyl (C=O) groups is 4. The molecule has 78 heavy (non-hydrogen) atoms. The Balaban J connectivity index is 1.53. The van der Waals surface area contributed by atoms with E-state index in [1.807, 2.05) is 88.4 Å². The highest BCUT2D eigenvalue weighted by molar-refractivity contribution is 6.39. The van der Waals surface area contributed by atoms with Crippen LogP contribution >= 0.6 is 0 Å². The maximum atomic E-state index is 14.9. The molecule has 1 amide bonds. The summed E-state index contributed by atoms with van der Waals surface area (Å²) in [5.74, 6) is -5.03. The molecule has 3 N–H and O–H groups in total. The summed E-state index contributed by atoms with van der Waals surface area (Å²) < 4.78 is 31.1. The molecule has 0 unspecified atom stereocenters. The van der Waals surface area contributed by atoms with Gasteiger partial charge in [-0.2, -0.15) is 0 Å². The van der Waals surface area contributed by atoms with Gasteiger partial charge in [-0.15, -0.1) is 12.3 Å². The molecule has 0 radical (unpaired) electrons. The summed E-state index contributed by atoms with van der Waals surface area (Å²) in [7, 11) is 3.28. The third kappa shape index (κ3) is 18.4. The normalized spacial score (nSPS) is 36.0. The molecular weight excluding hydrogens is 993 g/mol. The number of esters is 1. The summed E-state index contributed by atoms with van der Waals surface area (Å²) in [5, 5.41) is 39.8. The minimum absolute atomic E-state index is 0.0355. The lowest BCUT2D eigenvalue weighted by atomic mass is 9.78. The molecule has 1 aromatic rings. The fraction of sp³-hybridized carbons (Fsp3) is 0.667. The second-order valence-electron chi connectivity index (χ2n) is 22.8. The Bertz CT molecular complexity index is 2290. The number of methoxy groups -OCH3 is 2. The highest BCUT2D eigenvalue weighted by Gasteiger charge is 2.53. The van der Waals surface area contributed by atoms with Gasteiger partial charge in [-0.05, 0) is 125 Å². The number of unbranched alkanes of at least 4 members (excludes halogenated alkanes) is 2. The number of ketones is 2. The number of aliphatic hydroxyl groups excluding tert-OH is 2. The molecular formula is C63H92N2O13. The van der Waals surface area contributed by atoms with E-state index < -0.39 is 83.5 Å². The number of Topliss-reactive ketones (excluding diaryl/α,β-unsaturated/α-hetero) is 2. The Morgan fingerprint density at radius 2 is 1.63 bits per heavy atom. The number of fused-ring (bicyclic) bond motifs is 3. The van der Waals surface area contributed by atoms with Crippen LogP contribution in [0, 0.1) is 47.9 Å². The van der Waals surface area contributed by atoms with E-state index in [4.69, 9.17) is 40.1 Å². The first-order chi connectivity index (χ1) is 37.3. The molecule has 2 bridgehead atoms. The van der Waals surface area contributed by atoms with Gasteiger partial charge in [-0.3, -0.25) is 14.4 Å². The summed E-state index contributed by atoms with van der Waals surface area (Å²) in [6, 6.07) is 8.41. The molecule has 1 saturated carbocycles. The number of carbonyl (C=O) groups excluding carboxylic acids is 4. The second kappa shape index (κ2) is 31.9. The van der Waals surface area contributed by atoms with Crippen molar-refractivity contribution in [3.63, 3.8) is 0 Å². The standard InChI is InChI=1S/C63H92N2O13/c1-11-12-13-22-33-75-53-31-29-49(37-56(53)74-10)36-44(5)55-39-51(64-76-40-48-25-18-15-19-26-48)43(4)35-46(7)58(67)59(68)57(66)45(6)34-41(2)23-16-14-17-24-42(3)54(73-9)38-50-30-28-47(8)63(72,78-50)60(69)61(70)65-32-21-20-27-52(65)62(71)77-55/h1,14-19,23-26,35,41,43-45,47,49-50,52-56,58-59,67-68,72H,12-13,20-22,27-34,36-40H2,2-10H3/b17-14+,23-16+,42-24+,46-35+,64-51-/t41-,43-,44-,45-,47-,49+,50+,52+,53-,54+,55+,56-,58-,59+,63-/m1/s1. The Morgan fingerprint density at radius 3 is 2.35 bits per heavy atom. The first kappa shape index (κ1) is 64.0. The number of terminal acetylenes is 1. The second-order valence-corrected chi connectivity index (χ2v) is 22.8. The predicted octanol–water partition coefficient (Wildman–Crippen LogP) is 9.36. The minimum atomic E-state index is -2.44. The van der Waals surface area contributed by atoms with Crippen LogP contribution in [0.5, 0.6) is 0 Å². The first-order valence-corrected chi connectivity index (χ1v) is 28.7. The Kier molecular flexibility index (Phi) is 26.2. The average molecular weight is 1090 g/mol. The molecule has 5 rings (SSSR count). The van der Waals surface area contributed by atoms with Crippen molar-refractivity contribution in [2.24, 2.45) is 40.7 Å². The van der Waals surface area contributed by atoms with Gasteiger partial charge in [0.25, 0.3) is 11.7 Å². The van der Waals surface area contributed by atoms with Gasteiger partial charge in [-0.25, -0.2) is 4.79 Å². The van der Waals surface area contributed by atoms with Crippen LogP contribution in [-0.2, 0) is 54.3 Å². The van der Waals surface area contributed by atoms with Crippen LogP contribution < -0.4 is 0 Å². The molecule has 3 aliphatic heterocycles. The van der Waals surface area contributed by atoms with E-state index in [2.05, 4.69) is 5.92 Å². The Morgan fingerprint density at radius 1 is 0.872 bits per heavy atom. The van der Waals surface area contributed by atoms with Crippen LogP contribution in [0.2, 0.25) is 0 Å². The number of ether oxygens (including phenoxy) is 5. The van der Waals surface area contributed by atoms with Crippen molar-refractivity contribution in [2.75, 3.05) is 27.4 Å². The van der Waals surface area contributed by atoms with Crippen LogP contribution in [0.1, 0.15) is 150 Å². The third-order valence-electron chi connectivity index (χ3n) is 16.6. The van der Waals surface area contributed by atoms with Crippen molar-refractivity contribution >= 4 is 29.2 Å². The number of amides is 1. The van der Waals surface area contributed by atoms with Gasteiger partial charge in [0.2, 0.25) is 5.79 Å². The van der Waals surface area contributed by atoms with Gasteiger partial charge >= 0.3 is 5.97 Å². The Hall–Kier alpha value is -4.79. The number of allylic oxidation sites excluding steroid dienone is 6. The van der Waals surface area contributed by atoms with E-state index >= 15 is 0 Å². The summed E-state index contributed by atoms with van der Waals surface area (Å²) in [6.07, 6.45) is 20.0. The van der Waals surface area contributed by atoms with Crippen LogP contribution in [0.25, 0.3) is 0 Å². The van der Waals surface area contributed by atoms with Gasteiger partial charge in [0.05, 0.1) is 30.1 Å². The lowest BCUT2D eigenvalue weighted by Crippen LogP contribution is -2.61. The zero-order chi connectivity index (χ0) is 56.9. The molecule has 15 nitrogen and oxygen atoms in total. The smallest absolute Gasteiger partial charge is 0.329 e. The summed E-state index contributed by atoms with van der Waals surface area (Å²) in [5.41, 5.74) is 2.57. The van der Waals surface area contributed by atoms with Crippen molar-refractivity contribution in [3.8, 4) is 12.3 Å². The van der Waals surface area contributed by atoms with Crippen LogP contribution in [-0.4, -0.2) is 131 Å². The van der Waals surface area contributed by atoms with E-state index in [-0.39, 0.29) is 56.0 Å². The summed E-state index contributed by atoms with van der Waals surface area (Å²) in [6.45, 7) is 13.7. The van der Waals surface area contributed by atoms with E-state index in [1.165, 1.54) is 4.90 Å². The number of hydrogen-bond acceptors (Lipinski definition) is 14. The molecule has 15 heteroatoms. The molecule has 4 aliphatic rings. The molecule has 15 atom stereocenters.